The molecule has 0 saturated carbocycles. The Kier molecular flexibility index (Phi) is 3.08. The molecular formula is C11H9Cl2N5S. The summed E-state index contributed by atoms with van der Waals surface area (Å²) in [5, 5.41) is 14.2. The third-order valence-corrected chi connectivity index (χ3v) is 4.29. The number of anilines is 1. The average molecular weight is 314 g/mol. The molecule has 0 saturated heterocycles. The number of hydrogen-bond acceptors (Lipinski definition) is 5. The molecule has 2 heterocycles. The fourth-order valence-corrected chi connectivity index (χ4v) is 3.16. The molecule has 5 nitrogen and oxygen atoms in total. The van der Waals surface area contributed by atoms with Crippen LogP contribution in [-0.4, -0.2) is 19.8 Å². The Morgan fingerprint density at radius 2 is 2.00 bits per heavy atom. The highest BCUT2D eigenvalue weighted by atomic mass is 35.5. The minimum atomic E-state index is 0.428. The van der Waals surface area contributed by atoms with Crippen LogP contribution in [0.3, 0.4) is 0 Å². The molecule has 3 rings (SSSR count). The Morgan fingerprint density at radius 3 is 2.74 bits per heavy atom. The number of nitrogens with zero attached hydrogens (tertiary/aromatic N) is 4. The van der Waals surface area contributed by atoms with E-state index in [9.17, 15) is 0 Å². The maximum absolute atomic E-state index is 6.19. The molecule has 0 fully saturated rings. The van der Waals surface area contributed by atoms with Gasteiger partial charge in [-0.05, 0) is 12.1 Å². The lowest BCUT2D eigenvalue weighted by Crippen LogP contribution is -1.96. The first kappa shape index (κ1) is 12.7. The normalized spacial score (nSPS) is 11.3. The van der Waals surface area contributed by atoms with Gasteiger partial charge in [-0.1, -0.05) is 41.5 Å². The van der Waals surface area contributed by atoms with E-state index in [1.54, 1.807) is 16.6 Å². The van der Waals surface area contributed by atoms with E-state index in [2.05, 4.69) is 15.3 Å². The van der Waals surface area contributed by atoms with Crippen molar-refractivity contribution in [3.05, 3.63) is 28.0 Å². The van der Waals surface area contributed by atoms with E-state index in [1.165, 1.54) is 11.3 Å². The summed E-state index contributed by atoms with van der Waals surface area (Å²) < 4.78 is 1.71. The van der Waals surface area contributed by atoms with Gasteiger partial charge in [-0.15, -0.1) is 10.2 Å². The first-order valence-corrected chi connectivity index (χ1v) is 7.14. The van der Waals surface area contributed by atoms with Crippen molar-refractivity contribution in [2.45, 2.75) is 13.3 Å². The van der Waals surface area contributed by atoms with Gasteiger partial charge in [0.05, 0.1) is 21.3 Å². The Bertz CT molecular complexity index is 764. The third-order valence-electron chi connectivity index (χ3n) is 2.73. The summed E-state index contributed by atoms with van der Waals surface area (Å²) in [6.07, 6.45) is 0.753. The largest absolute Gasteiger partial charge is 0.397 e. The SMILES string of the molecule is CCc1nnc2sc(-c3c(Cl)ccc(Cl)c3N)nn12. The molecule has 0 radical (unpaired) electrons. The Labute approximate surface area is 123 Å². The summed E-state index contributed by atoms with van der Waals surface area (Å²) in [6, 6.07) is 3.37. The number of aryl methyl sites for hydroxylation is 1. The van der Waals surface area contributed by atoms with Crippen molar-refractivity contribution in [2.24, 2.45) is 0 Å². The Morgan fingerprint density at radius 1 is 1.26 bits per heavy atom. The zero-order chi connectivity index (χ0) is 13.6. The molecule has 8 heteroatoms. The van der Waals surface area contributed by atoms with Gasteiger partial charge in [0.25, 0.3) is 0 Å². The summed E-state index contributed by atoms with van der Waals surface area (Å²) in [5.41, 5.74) is 7.05. The molecule has 0 aliphatic heterocycles. The highest BCUT2D eigenvalue weighted by Gasteiger charge is 2.17. The second-order valence-electron chi connectivity index (χ2n) is 3.89. The maximum Gasteiger partial charge on any atom is 0.234 e. The number of halogens is 2. The van der Waals surface area contributed by atoms with Crippen LogP contribution >= 0.6 is 34.5 Å². The van der Waals surface area contributed by atoms with Crippen molar-refractivity contribution in [3.8, 4) is 10.6 Å². The fourth-order valence-electron chi connectivity index (χ4n) is 1.76. The summed E-state index contributed by atoms with van der Waals surface area (Å²) >= 11 is 13.6. The lowest BCUT2D eigenvalue weighted by molar-refractivity contribution is 0.838. The highest BCUT2D eigenvalue weighted by Crippen LogP contribution is 2.39. The van der Waals surface area contributed by atoms with Gasteiger partial charge in [0, 0.05) is 6.42 Å². The van der Waals surface area contributed by atoms with E-state index in [1.807, 2.05) is 6.92 Å². The van der Waals surface area contributed by atoms with E-state index in [0.29, 0.717) is 31.3 Å². The van der Waals surface area contributed by atoms with E-state index in [4.69, 9.17) is 28.9 Å². The van der Waals surface area contributed by atoms with Crippen LogP contribution in [0.4, 0.5) is 5.69 Å². The zero-order valence-electron chi connectivity index (χ0n) is 9.89. The molecule has 98 valence electrons. The van der Waals surface area contributed by atoms with E-state index >= 15 is 0 Å². The molecule has 2 aromatic heterocycles. The van der Waals surface area contributed by atoms with Crippen molar-refractivity contribution < 1.29 is 0 Å². The quantitative estimate of drug-likeness (QED) is 0.737. The topological polar surface area (TPSA) is 69.1 Å². The van der Waals surface area contributed by atoms with Crippen molar-refractivity contribution in [2.75, 3.05) is 5.73 Å². The summed E-state index contributed by atoms with van der Waals surface area (Å²) in [6.45, 7) is 2.00. The lowest BCUT2D eigenvalue weighted by Gasteiger charge is -2.05. The second-order valence-corrected chi connectivity index (χ2v) is 5.66. The van der Waals surface area contributed by atoms with Gasteiger partial charge in [-0.3, -0.25) is 0 Å². The third kappa shape index (κ3) is 1.96. The molecule has 2 N–H and O–H groups in total. The highest BCUT2D eigenvalue weighted by molar-refractivity contribution is 7.20. The van der Waals surface area contributed by atoms with Gasteiger partial charge >= 0.3 is 0 Å². The van der Waals surface area contributed by atoms with Crippen LogP contribution < -0.4 is 5.73 Å². The monoisotopic (exact) mass is 313 g/mol. The van der Waals surface area contributed by atoms with Crippen LogP contribution in [0, 0.1) is 0 Å². The summed E-state index contributed by atoms with van der Waals surface area (Å²) in [7, 11) is 0. The molecule has 1 aromatic carbocycles. The molecular weight excluding hydrogens is 305 g/mol. The standard InChI is InChI=1S/C11H9Cl2N5S/c1-2-7-15-16-11-18(7)17-10(19-11)8-5(12)3-4-6(13)9(8)14/h3-4H,2,14H2,1H3. The van der Waals surface area contributed by atoms with Crippen LogP contribution in [-0.2, 0) is 6.42 Å². The molecule has 3 aromatic rings. The van der Waals surface area contributed by atoms with Gasteiger partial charge in [-0.2, -0.15) is 9.61 Å². The summed E-state index contributed by atoms with van der Waals surface area (Å²) in [5.74, 6) is 0.800. The molecule has 0 bridgehead atoms. The lowest BCUT2D eigenvalue weighted by atomic mass is 10.2. The minimum Gasteiger partial charge on any atom is -0.397 e. The molecule has 0 spiro atoms. The van der Waals surface area contributed by atoms with Crippen molar-refractivity contribution in [1.82, 2.24) is 19.8 Å². The van der Waals surface area contributed by atoms with Gasteiger partial charge in [0.2, 0.25) is 4.96 Å². The van der Waals surface area contributed by atoms with Crippen molar-refractivity contribution in [1.29, 1.82) is 0 Å². The number of rotatable bonds is 2. The van der Waals surface area contributed by atoms with Gasteiger partial charge < -0.3 is 5.73 Å². The first-order chi connectivity index (χ1) is 9.11. The smallest absolute Gasteiger partial charge is 0.234 e. The molecule has 0 unspecified atom stereocenters. The van der Waals surface area contributed by atoms with Gasteiger partial charge in [-0.25, -0.2) is 0 Å². The van der Waals surface area contributed by atoms with Crippen LogP contribution in [0.2, 0.25) is 10.0 Å². The van der Waals surface area contributed by atoms with Crippen LogP contribution in [0.25, 0.3) is 15.5 Å². The number of hydrogen-bond donors (Lipinski definition) is 1. The molecule has 0 atom stereocenters. The molecule has 19 heavy (non-hydrogen) atoms. The van der Waals surface area contributed by atoms with Gasteiger partial charge in [0.1, 0.15) is 0 Å². The predicted molar refractivity (Wildman–Crippen MR) is 77.9 cm³/mol. The van der Waals surface area contributed by atoms with Crippen LogP contribution in [0.1, 0.15) is 12.7 Å². The Balaban J connectivity index is 2.25. The number of benzene rings is 1. The van der Waals surface area contributed by atoms with Crippen molar-refractivity contribution in [3.63, 3.8) is 0 Å². The number of nitrogens with two attached hydrogens (primary N) is 1. The van der Waals surface area contributed by atoms with Crippen LogP contribution in [0.5, 0.6) is 0 Å². The average Bonchev–Trinajstić information content (AvgIpc) is 2.94. The van der Waals surface area contributed by atoms with E-state index < -0.39 is 0 Å². The van der Waals surface area contributed by atoms with Gasteiger partial charge in [0.15, 0.2) is 10.8 Å². The summed E-state index contributed by atoms with van der Waals surface area (Å²) in [4.78, 5) is 0.710. The predicted octanol–water partition coefficient (Wildman–Crippen LogP) is 3.30. The second kappa shape index (κ2) is 4.63. The number of fused-ring (bicyclic) bond motifs is 1. The van der Waals surface area contributed by atoms with E-state index in [-0.39, 0.29) is 0 Å². The molecule has 0 aliphatic rings. The zero-order valence-corrected chi connectivity index (χ0v) is 12.2. The minimum absolute atomic E-state index is 0.428. The Hall–Kier alpha value is -1.37. The molecule has 0 amide bonds. The maximum atomic E-state index is 6.19. The number of nitrogen functional groups attached to an aromatic ring is 1. The number of aromatic nitrogens is 4. The molecule has 0 aliphatic carbocycles. The first-order valence-electron chi connectivity index (χ1n) is 5.56. The van der Waals surface area contributed by atoms with Crippen LogP contribution in [0.15, 0.2) is 12.1 Å². The van der Waals surface area contributed by atoms with Crippen molar-refractivity contribution >= 4 is 45.2 Å². The van der Waals surface area contributed by atoms with E-state index in [0.717, 1.165) is 12.2 Å². The fraction of sp³-hybridized carbons (Fsp3) is 0.182.